The van der Waals surface area contributed by atoms with Gasteiger partial charge < -0.3 is 5.11 Å². The van der Waals surface area contributed by atoms with Crippen molar-refractivity contribution in [1.29, 1.82) is 0 Å². The zero-order chi connectivity index (χ0) is 7.11. The monoisotopic (exact) mass is 128 g/mol. The first-order chi connectivity index (χ1) is 4.35. The molecular weight excluding hydrogens is 112 g/mol. The van der Waals surface area contributed by atoms with Gasteiger partial charge in [0.15, 0.2) is 0 Å². The third-order valence-corrected chi connectivity index (χ3v) is 1.36. The third kappa shape index (κ3) is 4.22. The lowest BCUT2D eigenvalue weighted by Gasteiger charge is -2.04. The van der Waals surface area contributed by atoms with Gasteiger partial charge in [-0.25, -0.2) is 0 Å². The molecule has 1 atom stereocenters. The van der Waals surface area contributed by atoms with Crippen molar-refractivity contribution in [3.8, 4) is 0 Å². The zero-order valence-corrected chi connectivity index (χ0v) is 6.30. The quantitative estimate of drug-likeness (QED) is 0.574. The molecule has 0 fully saturated rings. The Morgan fingerprint density at radius 3 is 2.56 bits per heavy atom. The molecule has 0 saturated heterocycles. The van der Waals surface area contributed by atoms with Gasteiger partial charge >= 0.3 is 0 Å². The van der Waals surface area contributed by atoms with Gasteiger partial charge in [0.2, 0.25) is 0 Å². The van der Waals surface area contributed by atoms with Crippen LogP contribution in [0.15, 0.2) is 12.2 Å². The maximum Gasteiger partial charge on any atom is 0.0493 e. The van der Waals surface area contributed by atoms with E-state index in [4.69, 9.17) is 5.11 Å². The van der Waals surface area contributed by atoms with E-state index in [-0.39, 0.29) is 6.61 Å². The molecule has 0 saturated carbocycles. The van der Waals surface area contributed by atoms with Crippen LogP contribution in [0.1, 0.15) is 26.7 Å². The Hall–Kier alpha value is -0.300. The molecular formula is C8H16O. The van der Waals surface area contributed by atoms with E-state index >= 15 is 0 Å². The van der Waals surface area contributed by atoms with Crippen LogP contribution in [0.4, 0.5) is 0 Å². The molecule has 0 aliphatic rings. The molecule has 0 bridgehead atoms. The second kappa shape index (κ2) is 5.83. The summed E-state index contributed by atoms with van der Waals surface area (Å²) in [6.07, 6.45) is 6.30. The largest absolute Gasteiger partial charge is 0.396 e. The average molecular weight is 128 g/mol. The Balaban J connectivity index is 3.41. The molecule has 0 unspecified atom stereocenters. The average Bonchev–Trinajstić information content (AvgIpc) is 1.88. The Kier molecular flexibility index (Phi) is 5.64. The minimum atomic E-state index is 0.290. The van der Waals surface area contributed by atoms with Crippen LogP contribution in [0.3, 0.4) is 0 Å². The Labute approximate surface area is 57.4 Å². The van der Waals surface area contributed by atoms with Crippen molar-refractivity contribution in [2.24, 2.45) is 5.92 Å². The lowest BCUT2D eigenvalue weighted by atomic mass is 10.1. The summed E-state index contributed by atoms with van der Waals surface area (Å²) in [5, 5.41) is 8.74. The first kappa shape index (κ1) is 8.70. The van der Waals surface area contributed by atoms with Gasteiger partial charge in [0.1, 0.15) is 0 Å². The molecule has 1 N–H and O–H groups in total. The first-order valence-electron chi connectivity index (χ1n) is 3.58. The third-order valence-electron chi connectivity index (χ3n) is 1.36. The van der Waals surface area contributed by atoms with Crippen LogP contribution >= 0.6 is 0 Å². The Bertz CT molecular complexity index is 76.6. The lowest BCUT2D eigenvalue weighted by Crippen LogP contribution is -2.00. The molecule has 1 nitrogen and oxygen atoms in total. The maximum absolute atomic E-state index is 8.74. The topological polar surface area (TPSA) is 20.2 Å². The van der Waals surface area contributed by atoms with Gasteiger partial charge in [-0.1, -0.05) is 25.5 Å². The van der Waals surface area contributed by atoms with Crippen LogP contribution in [0.5, 0.6) is 0 Å². The van der Waals surface area contributed by atoms with Gasteiger partial charge in [-0.15, -0.1) is 0 Å². The van der Waals surface area contributed by atoms with Crippen molar-refractivity contribution >= 4 is 0 Å². The van der Waals surface area contributed by atoms with Gasteiger partial charge in [-0.05, 0) is 19.3 Å². The van der Waals surface area contributed by atoms with Crippen molar-refractivity contribution in [2.45, 2.75) is 26.7 Å². The summed E-state index contributed by atoms with van der Waals surface area (Å²) in [4.78, 5) is 0. The second-order valence-electron chi connectivity index (χ2n) is 2.26. The summed E-state index contributed by atoms with van der Waals surface area (Å²) in [5.74, 6) is 0.389. The van der Waals surface area contributed by atoms with E-state index in [9.17, 15) is 0 Å². The van der Waals surface area contributed by atoms with Gasteiger partial charge in [0.25, 0.3) is 0 Å². The number of hydrogen-bond acceptors (Lipinski definition) is 1. The van der Waals surface area contributed by atoms with Crippen LogP contribution in [-0.4, -0.2) is 11.7 Å². The van der Waals surface area contributed by atoms with E-state index < -0.39 is 0 Å². The van der Waals surface area contributed by atoms with Gasteiger partial charge in [-0.3, -0.25) is 0 Å². The summed E-state index contributed by atoms with van der Waals surface area (Å²) in [7, 11) is 0. The highest BCUT2D eigenvalue weighted by Gasteiger charge is 1.98. The normalized spacial score (nSPS) is 14.6. The van der Waals surface area contributed by atoms with Crippen LogP contribution < -0.4 is 0 Å². The van der Waals surface area contributed by atoms with Crippen molar-refractivity contribution in [3.63, 3.8) is 0 Å². The fourth-order valence-corrected chi connectivity index (χ4v) is 0.891. The summed E-state index contributed by atoms with van der Waals surface area (Å²) >= 11 is 0. The van der Waals surface area contributed by atoms with E-state index in [1.165, 1.54) is 0 Å². The highest BCUT2D eigenvalue weighted by Crippen LogP contribution is 2.05. The predicted octanol–water partition coefficient (Wildman–Crippen LogP) is 1.97. The predicted molar refractivity (Wildman–Crippen MR) is 40.3 cm³/mol. The standard InChI is InChI=1S/C8H16O/c1-3-5-8(7-9)6-4-2/h3,5,8-9H,4,6-7H2,1-2H3/b5-3+/t8-/m1/s1. The summed E-state index contributed by atoms with van der Waals surface area (Å²) in [5.41, 5.74) is 0. The molecule has 1 heteroatoms. The highest BCUT2D eigenvalue weighted by atomic mass is 16.3. The van der Waals surface area contributed by atoms with Gasteiger partial charge in [-0.2, -0.15) is 0 Å². The molecule has 9 heavy (non-hydrogen) atoms. The zero-order valence-electron chi connectivity index (χ0n) is 6.30. The first-order valence-corrected chi connectivity index (χ1v) is 3.58. The second-order valence-corrected chi connectivity index (χ2v) is 2.26. The molecule has 0 aliphatic carbocycles. The smallest absolute Gasteiger partial charge is 0.0493 e. The van der Waals surface area contributed by atoms with E-state index in [0.717, 1.165) is 12.8 Å². The van der Waals surface area contributed by atoms with Crippen molar-refractivity contribution in [3.05, 3.63) is 12.2 Å². The molecule has 0 amide bonds. The molecule has 0 aliphatic heterocycles. The molecule has 0 heterocycles. The summed E-state index contributed by atoms with van der Waals surface area (Å²) in [6.45, 7) is 4.41. The van der Waals surface area contributed by atoms with Crippen LogP contribution in [0.2, 0.25) is 0 Å². The fourth-order valence-electron chi connectivity index (χ4n) is 0.891. The van der Waals surface area contributed by atoms with E-state index in [1.807, 2.05) is 13.0 Å². The Morgan fingerprint density at radius 1 is 1.56 bits per heavy atom. The molecule has 0 aromatic carbocycles. The molecule has 0 aromatic heterocycles. The molecule has 0 rings (SSSR count). The number of hydrogen-bond donors (Lipinski definition) is 1. The summed E-state index contributed by atoms with van der Waals surface area (Å²) in [6, 6.07) is 0. The van der Waals surface area contributed by atoms with E-state index in [0.29, 0.717) is 5.92 Å². The van der Waals surface area contributed by atoms with Gasteiger partial charge in [0, 0.05) is 6.61 Å². The van der Waals surface area contributed by atoms with Crippen molar-refractivity contribution in [1.82, 2.24) is 0 Å². The number of rotatable bonds is 4. The number of aliphatic hydroxyl groups is 1. The minimum absolute atomic E-state index is 0.290. The van der Waals surface area contributed by atoms with Crippen LogP contribution in [-0.2, 0) is 0 Å². The fraction of sp³-hybridized carbons (Fsp3) is 0.750. The molecule has 0 radical (unpaired) electrons. The van der Waals surface area contributed by atoms with Crippen LogP contribution in [0, 0.1) is 5.92 Å². The van der Waals surface area contributed by atoms with E-state index in [2.05, 4.69) is 13.0 Å². The molecule has 0 spiro atoms. The number of aliphatic hydroxyl groups excluding tert-OH is 1. The molecule has 54 valence electrons. The SMILES string of the molecule is C/C=C/[C@@H](CO)CCC. The summed E-state index contributed by atoms with van der Waals surface area (Å²) < 4.78 is 0. The van der Waals surface area contributed by atoms with Crippen LogP contribution in [0.25, 0.3) is 0 Å². The maximum atomic E-state index is 8.74. The highest BCUT2D eigenvalue weighted by molar-refractivity contribution is 4.84. The molecule has 0 aromatic rings. The number of allylic oxidation sites excluding steroid dienone is 1. The van der Waals surface area contributed by atoms with Crippen molar-refractivity contribution < 1.29 is 5.11 Å². The lowest BCUT2D eigenvalue weighted by molar-refractivity contribution is 0.245. The Morgan fingerprint density at radius 2 is 2.22 bits per heavy atom. The van der Waals surface area contributed by atoms with Gasteiger partial charge in [0.05, 0.1) is 0 Å². The van der Waals surface area contributed by atoms with E-state index in [1.54, 1.807) is 0 Å². The van der Waals surface area contributed by atoms with Crippen molar-refractivity contribution in [2.75, 3.05) is 6.61 Å². The minimum Gasteiger partial charge on any atom is -0.396 e.